The second-order valence-electron chi connectivity index (χ2n) is 5.69. The predicted molar refractivity (Wildman–Crippen MR) is 82.2 cm³/mol. The molecule has 1 aliphatic heterocycles. The molecule has 1 nitrogen and oxygen atoms in total. The summed E-state index contributed by atoms with van der Waals surface area (Å²) in [6.07, 6.45) is 3.93. The molecule has 0 bridgehead atoms. The van der Waals surface area contributed by atoms with Crippen molar-refractivity contribution in [2.45, 2.75) is 50.3 Å². The van der Waals surface area contributed by atoms with Crippen LogP contribution in [0, 0.1) is 11.6 Å². The first-order valence-corrected chi connectivity index (χ1v) is 8.35. The van der Waals surface area contributed by atoms with E-state index in [4.69, 9.17) is 0 Å². The standard InChI is InChI=1S/C16H23F2NS/c1-3-9-19-14(16(2)8-5-10-20-16)11-12-6-4-7-13(17)15(12)18/h4,6-7,14,19H,3,5,8-11H2,1-2H3. The highest BCUT2D eigenvalue weighted by atomic mass is 32.2. The first-order chi connectivity index (χ1) is 9.57. The second-order valence-corrected chi connectivity index (χ2v) is 7.32. The Balaban J connectivity index is 2.16. The van der Waals surface area contributed by atoms with Gasteiger partial charge < -0.3 is 5.32 Å². The number of benzene rings is 1. The largest absolute Gasteiger partial charge is 0.312 e. The van der Waals surface area contributed by atoms with E-state index >= 15 is 0 Å². The smallest absolute Gasteiger partial charge is 0.162 e. The molecule has 0 aromatic heterocycles. The van der Waals surface area contributed by atoms with E-state index in [1.54, 1.807) is 12.1 Å². The van der Waals surface area contributed by atoms with E-state index in [1.807, 2.05) is 11.8 Å². The third-order valence-electron chi connectivity index (χ3n) is 4.08. The fourth-order valence-electron chi connectivity index (χ4n) is 2.82. The van der Waals surface area contributed by atoms with E-state index in [-0.39, 0.29) is 10.8 Å². The molecule has 0 saturated carbocycles. The quantitative estimate of drug-likeness (QED) is 0.846. The topological polar surface area (TPSA) is 12.0 Å². The normalized spacial score (nSPS) is 24.0. The minimum Gasteiger partial charge on any atom is -0.312 e. The fraction of sp³-hybridized carbons (Fsp3) is 0.625. The Morgan fingerprint density at radius 2 is 2.20 bits per heavy atom. The molecule has 2 rings (SSSR count). The number of halogens is 2. The van der Waals surface area contributed by atoms with Crippen molar-refractivity contribution in [1.82, 2.24) is 5.32 Å². The van der Waals surface area contributed by atoms with E-state index in [0.717, 1.165) is 25.1 Å². The second kappa shape index (κ2) is 6.90. The van der Waals surface area contributed by atoms with Gasteiger partial charge in [-0.15, -0.1) is 0 Å². The molecule has 1 N–H and O–H groups in total. The molecule has 1 aliphatic rings. The molecule has 1 heterocycles. The number of thioether (sulfide) groups is 1. The summed E-state index contributed by atoms with van der Waals surface area (Å²) in [6, 6.07) is 4.65. The highest BCUT2D eigenvalue weighted by molar-refractivity contribution is 8.00. The van der Waals surface area contributed by atoms with Crippen LogP contribution >= 0.6 is 11.8 Å². The molecule has 0 spiro atoms. The van der Waals surface area contributed by atoms with Gasteiger partial charge in [-0.2, -0.15) is 11.8 Å². The van der Waals surface area contributed by atoms with E-state index in [2.05, 4.69) is 19.2 Å². The van der Waals surface area contributed by atoms with Gasteiger partial charge in [-0.1, -0.05) is 19.1 Å². The zero-order valence-electron chi connectivity index (χ0n) is 12.2. The van der Waals surface area contributed by atoms with E-state index in [9.17, 15) is 8.78 Å². The molecule has 2 atom stereocenters. The molecule has 112 valence electrons. The lowest BCUT2D eigenvalue weighted by Gasteiger charge is -2.34. The third kappa shape index (κ3) is 3.53. The monoisotopic (exact) mass is 299 g/mol. The summed E-state index contributed by atoms with van der Waals surface area (Å²) in [5.74, 6) is -0.282. The molecule has 1 fully saturated rings. The van der Waals surface area contributed by atoms with Gasteiger partial charge in [-0.25, -0.2) is 8.78 Å². The van der Waals surface area contributed by atoms with Gasteiger partial charge in [0.25, 0.3) is 0 Å². The Hall–Kier alpha value is -0.610. The van der Waals surface area contributed by atoms with E-state index in [0.29, 0.717) is 12.0 Å². The molecule has 1 aromatic rings. The molecular formula is C16H23F2NS. The Kier molecular flexibility index (Phi) is 5.44. The molecule has 1 aromatic carbocycles. The first-order valence-electron chi connectivity index (χ1n) is 7.37. The van der Waals surface area contributed by atoms with Crippen LogP contribution in [0.5, 0.6) is 0 Å². The summed E-state index contributed by atoms with van der Waals surface area (Å²) in [6.45, 7) is 5.28. The minimum absolute atomic E-state index is 0.119. The zero-order valence-corrected chi connectivity index (χ0v) is 13.0. The average Bonchev–Trinajstić information content (AvgIpc) is 2.87. The lowest BCUT2D eigenvalue weighted by atomic mass is 9.90. The molecule has 0 amide bonds. The van der Waals surface area contributed by atoms with Crippen molar-refractivity contribution in [3.8, 4) is 0 Å². The molecule has 0 aliphatic carbocycles. The van der Waals surface area contributed by atoms with Gasteiger partial charge in [0.2, 0.25) is 0 Å². The van der Waals surface area contributed by atoms with Gasteiger partial charge in [0.15, 0.2) is 11.6 Å². The van der Waals surface area contributed by atoms with Crippen molar-refractivity contribution in [3.05, 3.63) is 35.4 Å². The van der Waals surface area contributed by atoms with Crippen LogP contribution in [-0.4, -0.2) is 23.1 Å². The van der Waals surface area contributed by atoms with Crippen LogP contribution in [0.25, 0.3) is 0 Å². The summed E-state index contributed by atoms with van der Waals surface area (Å²) in [4.78, 5) is 0. The van der Waals surface area contributed by atoms with Crippen molar-refractivity contribution < 1.29 is 8.78 Å². The molecule has 2 unspecified atom stereocenters. The number of rotatable bonds is 6. The van der Waals surface area contributed by atoms with Crippen LogP contribution in [0.2, 0.25) is 0 Å². The lowest BCUT2D eigenvalue weighted by Crippen LogP contribution is -2.47. The van der Waals surface area contributed by atoms with Crippen molar-refractivity contribution in [3.63, 3.8) is 0 Å². The molecule has 4 heteroatoms. The minimum atomic E-state index is -0.749. The molecule has 20 heavy (non-hydrogen) atoms. The Bertz CT molecular complexity index is 444. The van der Waals surface area contributed by atoms with Crippen molar-refractivity contribution >= 4 is 11.8 Å². The molecular weight excluding hydrogens is 276 g/mol. The van der Waals surface area contributed by atoms with Crippen LogP contribution < -0.4 is 5.32 Å². The molecule has 1 saturated heterocycles. The SMILES string of the molecule is CCCNC(Cc1cccc(F)c1F)C1(C)CCCS1. The van der Waals surface area contributed by atoms with Crippen LogP contribution in [-0.2, 0) is 6.42 Å². The van der Waals surface area contributed by atoms with Gasteiger partial charge in [-0.05, 0) is 56.5 Å². The van der Waals surface area contributed by atoms with Crippen LogP contribution in [0.4, 0.5) is 8.78 Å². The molecule has 0 radical (unpaired) electrons. The highest BCUT2D eigenvalue weighted by Gasteiger charge is 2.37. The number of hydrogen-bond acceptors (Lipinski definition) is 2. The van der Waals surface area contributed by atoms with E-state index in [1.165, 1.54) is 12.5 Å². The maximum Gasteiger partial charge on any atom is 0.162 e. The Labute approximate surface area is 124 Å². The highest BCUT2D eigenvalue weighted by Crippen LogP contribution is 2.41. The van der Waals surface area contributed by atoms with Crippen molar-refractivity contribution in [1.29, 1.82) is 0 Å². The number of nitrogens with one attached hydrogen (secondary N) is 1. The Morgan fingerprint density at radius 3 is 2.85 bits per heavy atom. The predicted octanol–water partition coefficient (Wildman–Crippen LogP) is 4.16. The van der Waals surface area contributed by atoms with Gasteiger partial charge >= 0.3 is 0 Å². The summed E-state index contributed by atoms with van der Waals surface area (Å²) >= 11 is 1.95. The van der Waals surface area contributed by atoms with Gasteiger partial charge in [0.05, 0.1) is 0 Å². The van der Waals surface area contributed by atoms with Gasteiger partial charge in [-0.3, -0.25) is 0 Å². The van der Waals surface area contributed by atoms with Gasteiger partial charge in [0.1, 0.15) is 0 Å². The summed E-state index contributed by atoms with van der Waals surface area (Å²) < 4.78 is 27.4. The summed E-state index contributed by atoms with van der Waals surface area (Å²) in [5.41, 5.74) is 0.479. The fourth-order valence-corrected chi connectivity index (χ4v) is 4.24. The Morgan fingerprint density at radius 1 is 1.40 bits per heavy atom. The van der Waals surface area contributed by atoms with Crippen LogP contribution in [0.15, 0.2) is 18.2 Å². The van der Waals surface area contributed by atoms with Crippen LogP contribution in [0.3, 0.4) is 0 Å². The lowest BCUT2D eigenvalue weighted by molar-refractivity contribution is 0.391. The zero-order chi connectivity index (χ0) is 14.6. The maximum absolute atomic E-state index is 13.9. The average molecular weight is 299 g/mol. The first kappa shape index (κ1) is 15.8. The van der Waals surface area contributed by atoms with Crippen molar-refractivity contribution in [2.75, 3.05) is 12.3 Å². The van der Waals surface area contributed by atoms with Gasteiger partial charge in [0, 0.05) is 10.8 Å². The number of hydrogen-bond donors (Lipinski definition) is 1. The summed E-state index contributed by atoms with van der Waals surface area (Å²) in [7, 11) is 0. The van der Waals surface area contributed by atoms with Crippen molar-refractivity contribution in [2.24, 2.45) is 0 Å². The maximum atomic E-state index is 13.9. The summed E-state index contributed by atoms with van der Waals surface area (Å²) in [5, 5.41) is 3.54. The van der Waals surface area contributed by atoms with E-state index < -0.39 is 11.6 Å². The van der Waals surface area contributed by atoms with Crippen LogP contribution in [0.1, 0.15) is 38.7 Å². The third-order valence-corrected chi connectivity index (χ3v) is 5.72.